The SMILES string of the molecule is C=CCCl.C=CCOc1cc(O)cc(O)c1.Oc1cc(O)cc(O)c1. The van der Waals surface area contributed by atoms with Crippen molar-refractivity contribution >= 4 is 11.6 Å². The number of rotatable bonds is 4. The molecule has 2 aromatic rings. The molecule has 0 saturated heterocycles. The molecule has 136 valence electrons. The van der Waals surface area contributed by atoms with Crippen molar-refractivity contribution in [2.75, 3.05) is 12.5 Å². The van der Waals surface area contributed by atoms with Gasteiger partial charge in [-0.15, -0.1) is 18.2 Å². The van der Waals surface area contributed by atoms with Gasteiger partial charge >= 0.3 is 0 Å². The van der Waals surface area contributed by atoms with E-state index in [0.29, 0.717) is 18.2 Å². The summed E-state index contributed by atoms with van der Waals surface area (Å²) in [4.78, 5) is 0. The van der Waals surface area contributed by atoms with Crippen LogP contribution >= 0.6 is 11.6 Å². The van der Waals surface area contributed by atoms with Crippen LogP contribution in [-0.4, -0.2) is 38.0 Å². The zero-order valence-electron chi connectivity index (χ0n) is 13.5. The van der Waals surface area contributed by atoms with Crippen molar-refractivity contribution in [3.8, 4) is 34.5 Å². The van der Waals surface area contributed by atoms with Gasteiger partial charge in [0.2, 0.25) is 0 Å². The first-order chi connectivity index (χ1) is 11.8. The first-order valence-electron chi connectivity index (χ1n) is 6.98. The molecule has 0 aliphatic carbocycles. The molecular formula is C18H21ClO6. The Labute approximate surface area is 151 Å². The molecule has 7 heteroatoms. The number of alkyl halides is 1. The summed E-state index contributed by atoms with van der Waals surface area (Å²) in [5, 5.41) is 44.1. The molecular weight excluding hydrogens is 348 g/mol. The van der Waals surface area contributed by atoms with Crippen molar-refractivity contribution < 1.29 is 30.3 Å². The number of hydrogen-bond acceptors (Lipinski definition) is 6. The fraction of sp³-hybridized carbons (Fsp3) is 0.111. The minimum absolute atomic E-state index is 0.0194. The second-order valence-corrected chi connectivity index (χ2v) is 4.74. The van der Waals surface area contributed by atoms with Gasteiger partial charge in [0.05, 0.1) is 0 Å². The maximum Gasteiger partial charge on any atom is 0.127 e. The molecule has 0 heterocycles. The fourth-order valence-electron chi connectivity index (χ4n) is 1.39. The van der Waals surface area contributed by atoms with Crippen LogP contribution in [-0.2, 0) is 0 Å². The van der Waals surface area contributed by atoms with E-state index in [2.05, 4.69) is 13.2 Å². The Morgan fingerprint density at radius 3 is 1.32 bits per heavy atom. The monoisotopic (exact) mass is 368 g/mol. The lowest BCUT2D eigenvalue weighted by atomic mass is 10.3. The molecule has 0 spiro atoms. The van der Waals surface area contributed by atoms with Crippen LogP contribution in [0.5, 0.6) is 34.5 Å². The molecule has 0 unspecified atom stereocenters. The molecule has 0 radical (unpaired) electrons. The Bertz CT molecular complexity index is 602. The van der Waals surface area contributed by atoms with E-state index < -0.39 is 0 Å². The van der Waals surface area contributed by atoms with Crippen LogP contribution in [0.3, 0.4) is 0 Å². The highest BCUT2D eigenvalue weighted by molar-refractivity contribution is 6.18. The Morgan fingerprint density at radius 1 is 0.720 bits per heavy atom. The van der Waals surface area contributed by atoms with Crippen molar-refractivity contribution in [3.05, 3.63) is 61.7 Å². The number of aromatic hydroxyl groups is 5. The Balaban J connectivity index is 0.000000391. The summed E-state index contributed by atoms with van der Waals surface area (Å²) in [5.74, 6) is 0.503. The first-order valence-corrected chi connectivity index (χ1v) is 7.51. The Morgan fingerprint density at radius 2 is 1.04 bits per heavy atom. The average Bonchev–Trinajstić information content (AvgIpc) is 2.51. The molecule has 6 nitrogen and oxygen atoms in total. The summed E-state index contributed by atoms with van der Waals surface area (Å²) >= 11 is 5.07. The van der Waals surface area contributed by atoms with Crippen molar-refractivity contribution in [2.45, 2.75) is 0 Å². The summed E-state index contributed by atoms with van der Waals surface area (Å²) in [6, 6.07) is 7.49. The molecule has 0 saturated carbocycles. The van der Waals surface area contributed by atoms with Gasteiger partial charge in [-0.05, 0) is 0 Å². The van der Waals surface area contributed by atoms with E-state index in [1.807, 2.05) is 0 Å². The van der Waals surface area contributed by atoms with E-state index in [0.717, 1.165) is 18.2 Å². The van der Waals surface area contributed by atoms with E-state index in [1.165, 1.54) is 18.2 Å². The number of phenolic OH excluding ortho intramolecular Hbond substituents is 5. The number of benzene rings is 2. The van der Waals surface area contributed by atoms with Crippen molar-refractivity contribution in [1.29, 1.82) is 0 Å². The maximum atomic E-state index is 9.03. The molecule has 0 aromatic heterocycles. The summed E-state index contributed by atoms with van der Waals surface area (Å²) in [7, 11) is 0. The zero-order valence-corrected chi connectivity index (χ0v) is 14.2. The fourth-order valence-corrected chi connectivity index (χ4v) is 1.39. The molecule has 5 N–H and O–H groups in total. The van der Waals surface area contributed by atoms with Crippen LogP contribution in [0, 0.1) is 0 Å². The minimum atomic E-state index is -0.146. The number of halogens is 1. The van der Waals surface area contributed by atoms with Crippen LogP contribution in [0.15, 0.2) is 61.7 Å². The lowest BCUT2D eigenvalue weighted by Crippen LogP contribution is -1.91. The Kier molecular flexibility index (Phi) is 10.9. The van der Waals surface area contributed by atoms with Gasteiger partial charge in [-0.25, -0.2) is 0 Å². The van der Waals surface area contributed by atoms with E-state index in [-0.39, 0.29) is 28.7 Å². The zero-order chi connectivity index (χ0) is 19.2. The normalized spacial score (nSPS) is 8.84. The number of phenols is 5. The average molecular weight is 369 g/mol. The first kappa shape index (κ1) is 22.0. The van der Waals surface area contributed by atoms with Gasteiger partial charge in [0.1, 0.15) is 41.1 Å². The number of allylic oxidation sites excluding steroid dienone is 1. The minimum Gasteiger partial charge on any atom is -0.508 e. The van der Waals surface area contributed by atoms with Crippen molar-refractivity contribution in [1.82, 2.24) is 0 Å². The molecule has 2 rings (SSSR count). The number of ether oxygens (including phenoxy) is 1. The largest absolute Gasteiger partial charge is 0.508 e. The third-order valence-corrected chi connectivity index (χ3v) is 2.46. The smallest absolute Gasteiger partial charge is 0.127 e. The van der Waals surface area contributed by atoms with Gasteiger partial charge in [-0.2, -0.15) is 0 Å². The molecule has 2 aromatic carbocycles. The Hall–Kier alpha value is -2.99. The van der Waals surface area contributed by atoms with Crippen LogP contribution in [0.1, 0.15) is 0 Å². The highest BCUT2D eigenvalue weighted by Crippen LogP contribution is 2.25. The summed E-state index contributed by atoms with van der Waals surface area (Å²) in [6.07, 6.45) is 3.22. The van der Waals surface area contributed by atoms with Crippen molar-refractivity contribution in [2.24, 2.45) is 0 Å². The predicted octanol–water partition coefficient (Wildman–Crippen LogP) is 3.88. The van der Waals surface area contributed by atoms with Crippen molar-refractivity contribution in [3.63, 3.8) is 0 Å². The van der Waals surface area contributed by atoms with Gasteiger partial charge in [-0.1, -0.05) is 18.7 Å². The third-order valence-electron chi connectivity index (χ3n) is 2.24. The van der Waals surface area contributed by atoms with E-state index in [4.69, 9.17) is 41.9 Å². The van der Waals surface area contributed by atoms with Gasteiger partial charge < -0.3 is 30.3 Å². The standard InChI is InChI=1S/C9H10O3.C6H6O3.C3H5Cl/c1-2-3-12-9-5-7(10)4-8(11)6-9;7-4-1-5(8)3-6(9)2-4;1-2-3-4/h2,4-6,10-11H,1,3H2;1-3,7-9H;2H,1,3H2. The summed E-state index contributed by atoms with van der Waals surface area (Å²) < 4.78 is 5.08. The van der Waals surface area contributed by atoms with Crippen LogP contribution < -0.4 is 4.74 Å². The second kappa shape index (κ2) is 12.4. The third kappa shape index (κ3) is 11.2. The lowest BCUT2D eigenvalue weighted by molar-refractivity contribution is 0.355. The molecule has 0 aliphatic heterocycles. The molecule has 0 bridgehead atoms. The molecule has 25 heavy (non-hydrogen) atoms. The topological polar surface area (TPSA) is 110 Å². The van der Waals surface area contributed by atoms with Gasteiger partial charge in [-0.3, -0.25) is 0 Å². The number of hydrogen-bond donors (Lipinski definition) is 5. The highest BCUT2D eigenvalue weighted by atomic mass is 35.5. The van der Waals surface area contributed by atoms with Gasteiger partial charge in [0.15, 0.2) is 0 Å². The molecule has 0 atom stereocenters. The van der Waals surface area contributed by atoms with Crippen LogP contribution in [0.2, 0.25) is 0 Å². The van der Waals surface area contributed by atoms with Gasteiger partial charge in [0, 0.05) is 42.3 Å². The molecule has 0 aliphatic rings. The van der Waals surface area contributed by atoms with Crippen LogP contribution in [0.25, 0.3) is 0 Å². The van der Waals surface area contributed by atoms with Crippen LogP contribution in [0.4, 0.5) is 0 Å². The molecule has 0 fully saturated rings. The summed E-state index contributed by atoms with van der Waals surface area (Å²) in [5.41, 5.74) is 0. The van der Waals surface area contributed by atoms with E-state index in [1.54, 1.807) is 12.2 Å². The molecule has 0 amide bonds. The maximum absolute atomic E-state index is 9.03. The predicted molar refractivity (Wildman–Crippen MR) is 97.8 cm³/mol. The summed E-state index contributed by atoms with van der Waals surface area (Å²) in [6.45, 7) is 7.17. The second-order valence-electron chi connectivity index (χ2n) is 4.44. The highest BCUT2D eigenvalue weighted by Gasteiger charge is 1.98. The van der Waals surface area contributed by atoms with E-state index >= 15 is 0 Å². The van der Waals surface area contributed by atoms with E-state index in [9.17, 15) is 0 Å². The lowest BCUT2D eigenvalue weighted by Gasteiger charge is -2.03. The quantitative estimate of drug-likeness (QED) is 0.414. The van der Waals surface area contributed by atoms with Gasteiger partial charge in [0.25, 0.3) is 0 Å².